The van der Waals surface area contributed by atoms with Crippen molar-refractivity contribution in [2.24, 2.45) is 0 Å². The largest absolute Gasteiger partial charge is 2.00 e. The van der Waals surface area contributed by atoms with E-state index in [1.54, 1.807) is 0 Å². The average molecular weight is 184 g/mol. The molecule has 0 amide bonds. The molecule has 0 fully saturated rings. The summed E-state index contributed by atoms with van der Waals surface area (Å²) in [5, 5.41) is 0. The Hall–Kier alpha value is 0.453. The van der Waals surface area contributed by atoms with Crippen LogP contribution in [0.2, 0.25) is 0 Å². The van der Waals surface area contributed by atoms with Crippen LogP contribution in [-0.4, -0.2) is 23.0 Å². The second kappa shape index (κ2) is 4.61. The van der Waals surface area contributed by atoms with Gasteiger partial charge in [-0.1, -0.05) is 0 Å². The smallest absolute Gasteiger partial charge is 0.759 e. The fraction of sp³-hybridized carbons (Fsp3) is 0. The van der Waals surface area contributed by atoms with Crippen molar-refractivity contribution in [1.82, 2.24) is 0 Å². The van der Waals surface area contributed by atoms with Crippen molar-refractivity contribution in [3.63, 3.8) is 0 Å². The molecule has 7 heteroatoms. The summed E-state index contributed by atoms with van der Waals surface area (Å²) in [6.07, 6.45) is 0. The molecular weight excluding hydrogens is 182 g/mol. The molecule has 0 aromatic rings. The summed E-state index contributed by atoms with van der Waals surface area (Å²) in [5.41, 5.74) is 0. The van der Waals surface area contributed by atoms with Crippen LogP contribution in [0.1, 0.15) is 0 Å². The van der Waals surface area contributed by atoms with E-state index < -0.39 is 10.4 Å². The predicted molar refractivity (Wildman–Crippen MR) is 14.1 cm³/mol. The van der Waals surface area contributed by atoms with Gasteiger partial charge >= 0.3 is 19.5 Å². The molecule has 2 N–H and O–H groups in total. The molecule has 0 atom stereocenters. The average Bonchev–Trinajstić information content (AvgIpc) is 0.722. The molecule has 0 spiro atoms. The maximum atomic E-state index is 8.52. The Morgan fingerprint density at radius 3 is 1.14 bits per heavy atom. The van der Waals surface area contributed by atoms with Crippen LogP contribution in [0.3, 0.4) is 0 Å². The molecule has 0 saturated heterocycles. The first kappa shape index (κ1) is 15.7. The summed E-state index contributed by atoms with van der Waals surface area (Å²) in [4.78, 5) is 0. The van der Waals surface area contributed by atoms with E-state index in [-0.39, 0.29) is 25.0 Å². The van der Waals surface area contributed by atoms with Crippen LogP contribution in [0.5, 0.6) is 0 Å². The SMILES string of the molecule is O.O=S(=O)([O-])[O-].[70Zn+2]. The third kappa shape index (κ3) is 623. The standard InChI is InChI=1S/H2O4S.H2O.Zn/c1-5(2,3)4;;/h(H2,1,2,3,4);1H2;/q;;+2/p-2/i;;1+5. The van der Waals surface area contributed by atoms with Crippen molar-refractivity contribution in [2.75, 3.05) is 0 Å². The first-order valence-corrected chi connectivity index (χ1v) is 2.00. The first-order valence-electron chi connectivity index (χ1n) is 0.667. The zero-order valence-corrected chi connectivity index (χ0v) is 7.03. The topological polar surface area (TPSA) is 112 Å². The Kier molecular flexibility index (Phi) is 10.3. The van der Waals surface area contributed by atoms with Gasteiger partial charge < -0.3 is 14.6 Å². The van der Waals surface area contributed by atoms with Gasteiger partial charge in [0, 0.05) is 10.4 Å². The number of hydrogen-bond acceptors (Lipinski definition) is 4. The van der Waals surface area contributed by atoms with Gasteiger partial charge in [0.25, 0.3) is 0 Å². The van der Waals surface area contributed by atoms with Crippen LogP contribution in [0, 0.1) is 0 Å². The summed E-state index contributed by atoms with van der Waals surface area (Å²) in [5.74, 6) is 0. The summed E-state index contributed by atoms with van der Waals surface area (Å²) in [6, 6.07) is 0. The van der Waals surface area contributed by atoms with Gasteiger partial charge in [-0.3, -0.25) is 8.42 Å². The van der Waals surface area contributed by atoms with Crippen molar-refractivity contribution in [2.45, 2.75) is 0 Å². The van der Waals surface area contributed by atoms with Crippen LogP contribution in [-0.2, 0) is 29.9 Å². The predicted octanol–water partition coefficient (Wildman–Crippen LogP) is -2.17. The third-order valence-corrected chi connectivity index (χ3v) is 0. The van der Waals surface area contributed by atoms with Crippen LogP contribution in [0.15, 0.2) is 0 Å². The minimum Gasteiger partial charge on any atom is -0.759 e. The van der Waals surface area contributed by atoms with Gasteiger partial charge in [0.1, 0.15) is 0 Å². The Bertz CT molecular complexity index is 91.2. The van der Waals surface area contributed by atoms with Gasteiger partial charge in [0.2, 0.25) is 0 Å². The van der Waals surface area contributed by atoms with Crippen molar-refractivity contribution in [3.05, 3.63) is 0 Å². The van der Waals surface area contributed by atoms with Crippen molar-refractivity contribution < 1.29 is 42.5 Å². The maximum Gasteiger partial charge on any atom is 2.00 e. The van der Waals surface area contributed by atoms with Crippen LogP contribution < -0.4 is 0 Å². The molecule has 0 aromatic carbocycles. The monoisotopic (exact) mass is 184 g/mol. The van der Waals surface area contributed by atoms with Gasteiger partial charge in [0.15, 0.2) is 0 Å². The van der Waals surface area contributed by atoms with E-state index in [1.807, 2.05) is 0 Å². The fourth-order valence-electron chi connectivity index (χ4n) is 0. The van der Waals surface area contributed by atoms with Gasteiger partial charge in [-0.2, -0.15) is 0 Å². The Morgan fingerprint density at radius 2 is 1.14 bits per heavy atom. The molecule has 0 saturated carbocycles. The van der Waals surface area contributed by atoms with E-state index in [4.69, 9.17) is 17.5 Å². The summed E-state index contributed by atoms with van der Waals surface area (Å²) >= 11 is 0. The molecule has 40 valence electrons. The Balaban J connectivity index is -0.0000000800. The fourth-order valence-corrected chi connectivity index (χ4v) is 0. The van der Waals surface area contributed by atoms with E-state index in [0.29, 0.717) is 0 Å². The normalized spacial score (nSPS) is 8.29. The van der Waals surface area contributed by atoms with Crippen molar-refractivity contribution in [3.8, 4) is 0 Å². The minimum absolute atomic E-state index is 0. The molecule has 0 bridgehead atoms. The van der Waals surface area contributed by atoms with E-state index in [1.165, 1.54) is 0 Å². The zero-order chi connectivity index (χ0) is 4.50. The van der Waals surface area contributed by atoms with Crippen LogP contribution in [0.4, 0.5) is 0 Å². The van der Waals surface area contributed by atoms with Crippen LogP contribution >= 0.6 is 0 Å². The molecule has 0 aliphatic carbocycles. The van der Waals surface area contributed by atoms with Crippen molar-refractivity contribution >= 4 is 10.4 Å². The number of rotatable bonds is 0. The molecule has 0 radical (unpaired) electrons. The molecule has 0 aromatic heterocycles. The molecule has 7 heavy (non-hydrogen) atoms. The molecule has 0 unspecified atom stereocenters. The summed E-state index contributed by atoms with van der Waals surface area (Å²) in [6.45, 7) is 0. The molecule has 0 aliphatic heterocycles. The zero-order valence-electron chi connectivity index (χ0n) is 3.25. The van der Waals surface area contributed by atoms with Gasteiger partial charge in [-0.15, -0.1) is 0 Å². The second-order valence-corrected chi connectivity index (χ2v) is 1.22. The van der Waals surface area contributed by atoms with E-state index in [0.717, 1.165) is 0 Å². The molecule has 0 aliphatic rings. The summed E-state index contributed by atoms with van der Waals surface area (Å²) in [7, 11) is -5.17. The molecule has 5 nitrogen and oxygen atoms in total. The van der Waals surface area contributed by atoms with Gasteiger partial charge in [-0.05, 0) is 0 Å². The van der Waals surface area contributed by atoms with E-state index in [9.17, 15) is 0 Å². The number of hydrogen-bond donors (Lipinski definition) is 0. The maximum absolute atomic E-state index is 8.52. The van der Waals surface area contributed by atoms with Crippen molar-refractivity contribution in [1.29, 1.82) is 0 Å². The Labute approximate surface area is 53.4 Å². The van der Waals surface area contributed by atoms with E-state index in [2.05, 4.69) is 0 Å². The quantitative estimate of drug-likeness (QED) is 0.242. The second-order valence-electron chi connectivity index (χ2n) is 0.408. The minimum atomic E-state index is -5.17. The summed E-state index contributed by atoms with van der Waals surface area (Å²) < 4.78 is 34.1. The third-order valence-electron chi connectivity index (χ3n) is 0. The van der Waals surface area contributed by atoms with Crippen LogP contribution in [0.25, 0.3) is 0 Å². The van der Waals surface area contributed by atoms with Gasteiger partial charge in [0.05, 0.1) is 0 Å². The molecule has 0 heterocycles. The molecular formula is H2O5SZn. The van der Waals surface area contributed by atoms with Gasteiger partial charge in [-0.25, -0.2) is 0 Å². The van der Waals surface area contributed by atoms with E-state index >= 15 is 0 Å². The first-order chi connectivity index (χ1) is 2.00. The Morgan fingerprint density at radius 1 is 1.14 bits per heavy atom. The molecule has 0 rings (SSSR count).